The van der Waals surface area contributed by atoms with Crippen LogP contribution in [-0.2, 0) is 131 Å². The van der Waals surface area contributed by atoms with Crippen molar-refractivity contribution in [1.82, 2.24) is 0 Å². The molecule has 2 rings (SSSR count). The fourth-order valence-electron chi connectivity index (χ4n) is 1.59. The van der Waals surface area contributed by atoms with E-state index in [2.05, 4.69) is 24.5 Å². The van der Waals surface area contributed by atoms with Crippen LogP contribution in [-0.4, -0.2) is 26.2 Å². The summed E-state index contributed by atoms with van der Waals surface area (Å²) in [6.45, 7) is 8.99. The molecule has 0 aromatic rings. The molecule has 98 valence electrons. The maximum Gasteiger partial charge on any atom is 0 e. The molecule has 1 atom stereocenters. The fraction of sp³-hybridized carbons (Fsp3) is 1.00. The molecular weight excluding hydrogens is 528 g/mol. The third-order valence-corrected chi connectivity index (χ3v) is 2.78. The summed E-state index contributed by atoms with van der Waals surface area (Å²) in [5.74, 6) is 1.82. The molecule has 4 radical (unpaired) electrons. The predicted octanol–water partition coefficient (Wildman–Crippen LogP) is 3.82. The summed E-state index contributed by atoms with van der Waals surface area (Å²) in [7, 11) is 0. The molecule has 0 amide bonds. The minimum Gasteiger partial charge on any atom is -0.662 e. The summed E-state index contributed by atoms with van der Waals surface area (Å²) < 4.78 is 0. The van der Waals surface area contributed by atoms with Crippen LogP contribution in [0, 0.1) is 11.8 Å². The molecule has 2 aliphatic rings. The number of hydrogen-bond donors (Lipinski definition) is 0. The summed E-state index contributed by atoms with van der Waals surface area (Å²) in [5.41, 5.74) is 0. The zero-order chi connectivity index (χ0) is 9.52. The van der Waals surface area contributed by atoms with Gasteiger partial charge in [-0.15, -0.1) is 26.2 Å². The molecule has 1 unspecified atom stereocenters. The average Bonchev–Trinajstić information content (AvgIpc) is 2.58. The zero-order valence-corrected chi connectivity index (χ0v) is 22.7. The van der Waals surface area contributed by atoms with Crippen molar-refractivity contribution in [2.24, 2.45) is 11.8 Å². The quantitative estimate of drug-likeness (QED) is 0.436. The molecule has 2 fully saturated rings. The van der Waals surface area contributed by atoms with E-state index in [4.69, 9.17) is 0 Å². The molecule has 0 N–H and O–H groups in total. The molecule has 2 heterocycles. The van der Waals surface area contributed by atoms with Crippen LogP contribution in [0.1, 0.15) is 40.5 Å². The van der Waals surface area contributed by atoms with Crippen molar-refractivity contribution in [3.63, 3.8) is 0 Å². The van der Waals surface area contributed by atoms with Crippen molar-refractivity contribution in [1.29, 1.82) is 0 Å². The molecule has 0 aromatic carbocycles. The van der Waals surface area contributed by atoms with Gasteiger partial charge in [0.2, 0.25) is 0 Å². The van der Waals surface area contributed by atoms with Gasteiger partial charge in [-0.25, -0.2) is 0 Å². The van der Waals surface area contributed by atoms with Gasteiger partial charge in [-0.05, 0) is 5.92 Å². The average molecular weight is 554 g/mol. The van der Waals surface area contributed by atoms with Crippen molar-refractivity contribution in [2.75, 3.05) is 26.2 Å². The zero-order valence-electron chi connectivity index (χ0n) is 11.3. The Labute approximate surface area is 215 Å². The monoisotopic (exact) mass is 554 g/mol. The molecule has 0 saturated carbocycles. The van der Waals surface area contributed by atoms with Crippen molar-refractivity contribution < 1.29 is 131 Å². The molecular formula is C12H26N2Y4-2. The third-order valence-electron chi connectivity index (χ3n) is 2.78. The fourth-order valence-corrected chi connectivity index (χ4v) is 1.59. The van der Waals surface area contributed by atoms with Gasteiger partial charge in [0.1, 0.15) is 0 Å². The van der Waals surface area contributed by atoms with Gasteiger partial charge in [0, 0.05) is 131 Å². The summed E-state index contributed by atoms with van der Waals surface area (Å²) in [6, 6.07) is 0. The molecule has 0 bridgehead atoms. The Hall–Kier alpha value is 4.34. The van der Waals surface area contributed by atoms with Crippen LogP contribution in [0.15, 0.2) is 0 Å². The standard InChI is InChI=1S/C6H12N.C5H10N.CH4.4Y/c1-6-2-4-7-5-3-6;1-5-2-3-6-4-5;;;;;/h6H,2-5H2,1H3;5H,2-4H2,1H3;1H4;;;;/q2*-1;;;;;. The van der Waals surface area contributed by atoms with E-state index in [0.717, 1.165) is 38.0 Å². The van der Waals surface area contributed by atoms with Gasteiger partial charge in [0.25, 0.3) is 0 Å². The van der Waals surface area contributed by atoms with Crippen LogP contribution < -0.4 is 0 Å². The van der Waals surface area contributed by atoms with E-state index in [1.54, 1.807) is 0 Å². The molecule has 2 saturated heterocycles. The van der Waals surface area contributed by atoms with Crippen LogP contribution >= 0.6 is 0 Å². The minimum absolute atomic E-state index is 0. The Bertz CT molecular complexity index is 127. The maximum absolute atomic E-state index is 4.23. The smallest absolute Gasteiger partial charge is 0 e. The largest absolute Gasteiger partial charge is 0.662 e. The molecule has 18 heavy (non-hydrogen) atoms. The van der Waals surface area contributed by atoms with E-state index in [9.17, 15) is 0 Å². The van der Waals surface area contributed by atoms with E-state index >= 15 is 0 Å². The summed E-state index contributed by atoms with van der Waals surface area (Å²) in [6.07, 6.45) is 3.96. The maximum atomic E-state index is 4.23. The van der Waals surface area contributed by atoms with Gasteiger partial charge in [0.05, 0.1) is 0 Å². The van der Waals surface area contributed by atoms with Crippen molar-refractivity contribution in [3.8, 4) is 0 Å². The Morgan fingerprint density at radius 1 is 0.667 bits per heavy atom. The predicted molar refractivity (Wildman–Crippen MR) is 65.1 cm³/mol. The summed E-state index contributed by atoms with van der Waals surface area (Å²) >= 11 is 0. The van der Waals surface area contributed by atoms with E-state index in [-0.39, 0.29) is 138 Å². The molecule has 0 aromatic heterocycles. The van der Waals surface area contributed by atoms with E-state index in [1.165, 1.54) is 19.3 Å². The van der Waals surface area contributed by atoms with Crippen LogP contribution in [0.4, 0.5) is 0 Å². The Morgan fingerprint density at radius 3 is 1.22 bits per heavy atom. The first-order valence-electron chi connectivity index (χ1n) is 5.55. The van der Waals surface area contributed by atoms with E-state index < -0.39 is 0 Å². The first-order chi connectivity index (χ1) is 6.29. The van der Waals surface area contributed by atoms with E-state index in [1.807, 2.05) is 0 Å². The third kappa shape index (κ3) is 20.3. The topological polar surface area (TPSA) is 28.2 Å². The van der Waals surface area contributed by atoms with Gasteiger partial charge < -0.3 is 10.6 Å². The molecule has 2 nitrogen and oxygen atoms in total. The molecule has 2 aliphatic heterocycles. The van der Waals surface area contributed by atoms with Crippen molar-refractivity contribution in [2.45, 2.75) is 40.5 Å². The number of nitrogens with zero attached hydrogens (tertiary/aromatic N) is 2. The van der Waals surface area contributed by atoms with Crippen molar-refractivity contribution >= 4 is 0 Å². The second-order valence-electron chi connectivity index (χ2n) is 4.38. The second kappa shape index (κ2) is 23.6. The van der Waals surface area contributed by atoms with Crippen LogP contribution in [0.2, 0.25) is 0 Å². The summed E-state index contributed by atoms with van der Waals surface area (Å²) in [5, 5.41) is 8.39. The first-order valence-corrected chi connectivity index (χ1v) is 5.55. The number of rotatable bonds is 0. The van der Waals surface area contributed by atoms with Gasteiger partial charge in [0.15, 0.2) is 0 Å². The van der Waals surface area contributed by atoms with Crippen molar-refractivity contribution in [3.05, 3.63) is 10.6 Å². The van der Waals surface area contributed by atoms with Gasteiger partial charge in [-0.3, -0.25) is 0 Å². The van der Waals surface area contributed by atoms with Gasteiger partial charge >= 0.3 is 0 Å². The molecule has 0 spiro atoms. The van der Waals surface area contributed by atoms with Crippen LogP contribution in [0.3, 0.4) is 0 Å². The van der Waals surface area contributed by atoms with Crippen LogP contribution in [0.5, 0.6) is 0 Å². The minimum atomic E-state index is 0. The van der Waals surface area contributed by atoms with E-state index in [0.29, 0.717) is 0 Å². The first kappa shape index (κ1) is 33.8. The SMILES string of the molecule is C.CC1CC[N-]C1.CC1CC[N-]CC1.[Y].[Y].[Y].[Y]. The Kier molecular flexibility index (Phi) is 44.4. The Balaban J connectivity index is -0.0000000492. The van der Waals surface area contributed by atoms with Gasteiger partial charge in [-0.2, -0.15) is 0 Å². The molecule has 6 heteroatoms. The number of hydrogen-bond acceptors (Lipinski definition) is 0. The molecule has 0 aliphatic carbocycles. The van der Waals surface area contributed by atoms with Crippen LogP contribution in [0.25, 0.3) is 10.6 Å². The Morgan fingerprint density at radius 2 is 1.06 bits per heavy atom. The normalized spacial score (nSPS) is 21.3. The second-order valence-corrected chi connectivity index (χ2v) is 4.38. The van der Waals surface area contributed by atoms with Gasteiger partial charge in [-0.1, -0.05) is 46.5 Å². The summed E-state index contributed by atoms with van der Waals surface area (Å²) in [4.78, 5) is 0. The number of piperidine rings is 1.